The third-order valence-electron chi connectivity index (χ3n) is 4.13. The van der Waals surface area contributed by atoms with Crippen molar-refractivity contribution in [1.82, 2.24) is 0 Å². The van der Waals surface area contributed by atoms with Gasteiger partial charge in [0, 0.05) is 17.4 Å². The summed E-state index contributed by atoms with van der Waals surface area (Å²) in [5.74, 6) is 1.44. The Kier molecular flexibility index (Phi) is 6.12. The van der Waals surface area contributed by atoms with E-state index < -0.39 is 0 Å². The molecule has 0 amide bonds. The second-order valence-electron chi connectivity index (χ2n) is 5.74. The maximum absolute atomic E-state index is 12.9. The topological polar surface area (TPSA) is 50.8 Å². The molecule has 4 nitrogen and oxygen atoms in total. The monoisotopic (exact) mass is 379 g/mol. The summed E-state index contributed by atoms with van der Waals surface area (Å²) < 4.78 is 16.0. The van der Waals surface area contributed by atoms with E-state index in [4.69, 9.17) is 14.2 Å². The highest BCUT2D eigenvalue weighted by Crippen LogP contribution is 2.34. The first-order chi connectivity index (χ1) is 13.2. The Bertz CT molecular complexity index is 909. The summed E-state index contributed by atoms with van der Waals surface area (Å²) in [6, 6.07) is 21.5. The molecule has 3 aromatic carbocycles. The minimum atomic E-state index is -0.0983. The Morgan fingerprint density at radius 2 is 1.30 bits per heavy atom. The molecule has 0 spiro atoms. The smallest absolute Gasteiger partial charge is 0.132 e. The van der Waals surface area contributed by atoms with Crippen LogP contribution >= 0.6 is 8.20 Å². The van der Waals surface area contributed by atoms with Crippen molar-refractivity contribution in [3.05, 3.63) is 72.3 Å². The van der Waals surface area contributed by atoms with Crippen molar-refractivity contribution in [2.75, 3.05) is 21.3 Å². The molecule has 0 unspecified atom stereocenters. The molecule has 0 bridgehead atoms. The first kappa shape index (κ1) is 19.0. The Balaban J connectivity index is 1.96. The minimum Gasteiger partial charge on any atom is -0.823 e. The predicted molar refractivity (Wildman–Crippen MR) is 109 cm³/mol. The fourth-order valence-electron chi connectivity index (χ4n) is 2.75. The molecule has 3 aromatic rings. The molecule has 0 saturated carbocycles. The minimum absolute atomic E-state index is 0.0983. The molecule has 5 heteroatoms. The molecule has 0 atom stereocenters. The predicted octanol–water partition coefficient (Wildman–Crippen LogP) is 3.49. The van der Waals surface area contributed by atoms with Crippen molar-refractivity contribution in [2.45, 2.75) is 0 Å². The van der Waals surface area contributed by atoms with Gasteiger partial charge in [0.2, 0.25) is 0 Å². The van der Waals surface area contributed by atoms with Crippen LogP contribution in [-0.2, 0) is 0 Å². The average molecular weight is 379 g/mol. The van der Waals surface area contributed by atoms with Crippen LogP contribution in [-0.4, -0.2) is 26.8 Å². The number of methoxy groups -OCH3 is 3. The molecule has 0 radical (unpaired) electrons. The molecule has 138 valence electrons. The van der Waals surface area contributed by atoms with Gasteiger partial charge in [-0.2, -0.15) is 0 Å². The van der Waals surface area contributed by atoms with Gasteiger partial charge in [0.25, 0.3) is 0 Å². The van der Waals surface area contributed by atoms with Crippen LogP contribution in [0.5, 0.6) is 17.2 Å². The van der Waals surface area contributed by atoms with Gasteiger partial charge in [-0.1, -0.05) is 56.1 Å². The van der Waals surface area contributed by atoms with Gasteiger partial charge in [-0.05, 0) is 23.3 Å². The van der Waals surface area contributed by atoms with Crippen LogP contribution in [0.25, 0.3) is 11.1 Å². The lowest BCUT2D eigenvalue weighted by Gasteiger charge is -2.20. The van der Waals surface area contributed by atoms with Crippen LogP contribution in [0.4, 0.5) is 0 Å². The molecular formula is C22H20O4P-. The summed E-state index contributed by atoms with van der Waals surface area (Å²) in [6.07, 6.45) is 0. The van der Waals surface area contributed by atoms with Gasteiger partial charge >= 0.3 is 0 Å². The lowest BCUT2D eigenvalue weighted by Crippen LogP contribution is -2.19. The molecular weight excluding hydrogens is 359 g/mol. The van der Waals surface area contributed by atoms with Gasteiger partial charge in [0.1, 0.15) is 17.2 Å². The number of hydrogen-bond donors (Lipinski definition) is 0. The normalized spacial score (nSPS) is 11.2. The van der Waals surface area contributed by atoms with Gasteiger partial charge in [-0.15, -0.1) is 0 Å². The number of rotatable bonds is 6. The van der Waals surface area contributed by atoms with Gasteiger partial charge < -0.3 is 19.3 Å². The SMILES string of the molecule is COc1cc(OC)c(C([O-])=Pc2ccc(-c3ccccc3)cc2)c(OC)c1. The van der Waals surface area contributed by atoms with Crippen LogP contribution in [0.15, 0.2) is 66.7 Å². The largest absolute Gasteiger partial charge is 0.823 e. The van der Waals surface area contributed by atoms with Gasteiger partial charge in [-0.25, -0.2) is 0 Å². The third kappa shape index (κ3) is 4.30. The van der Waals surface area contributed by atoms with Gasteiger partial charge in [0.05, 0.1) is 26.9 Å². The van der Waals surface area contributed by atoms with E-state index in [-0.39, 0.29) is 5.48 Å². The van der Waals surface area contributed by atoms with Crippen molar-refractivity contribution < 1.29 is 19.3 Å². The van der Waals surface area contributed by atoms with Crippen LogP contribution in [0.3, 0.4) is 0 Å². The quantitative estimate of drug-likeness (QED) is 0.616. The Labute approximate surface area is 160 Å². The van der Waals surface area contributed by atoms with Crippen molar-refractivity contribution in [1.29, 1.82) is 0 Å². The Morgan fingerprint density at radius 1 is 0.741 bits per heavy atom. The van der Waals surface area contributed by atoms with E-state index in [1.165, 1.54) is 14.2 Å². The summed E-state index contributed by atoms with van der Waals surface area (Å²) in [5.41, 5.74) is 2.57. The highest BCUT2D eigenvalue weighted by molar-refractivity contribution is 7.49. The maximum atomic E-state index is 12.9. The highest BCUT2D eigenvalue weighted by atomic mass is 31.1. The van der Waals surface area contributed by atoms with Gasteiger partial charge in [-0.3, -0.25) is 0 Å². The Morgan fingerprint density at radius 3 is 1.81 bits per heavy atom. The summed E-state index contributed by atoms with van der Waals surface area (Å²) in [7, 11) is 5.16. The van der Waals surface area contributed by atoms with Gasteiger partial charge in [0.15, 0.2) is 0 Å². The van der Waals surface area contributed by atoms with E-state index in [1.54, 1.807) is 19.2 Å². The molecule has 0 aliphatic heterocycles. The summed E-state index contributed by atoms with van der Waals surface area (Å²) >= 11 is 0. The van der Waals surface area contributed by atoms with Crippen molar-refractivity contribution in [3.8, 4) is 28.4 Å². The molecule has 0 aliphatic carbocycles. The summed E-state index contributed by atoms with van der Waals surface area (Å²) in [4.78, 5) is 0. The lowest BCUT2D eigenvalue weighted by molar-refractivity contribution is -0.207. The number of ether oxygens (including phenoxy) is 3. The van der Waals surface area contributed by atoms with E-state index in [2.05, 4.69) is 12.1 Å². The third-order valence-corrected chi connectivity index (χ3v) is 5.12. The maximum Gasteiger partial charge on any atom is 0.132 e. The summed E-state index contributed by atoms with van der Waals surface area (Å²) in [6.45, 7) is 0. The van der Waals surface area contributed by atoms with Crippen molar-refractivity contribution in [3.63, 3.8) is 0 Å². The highest BCUT2D eigenvalue weighted by Gasteiger charge is 2.12. The van der Waals surface area contributed by atoms with Crippen LogP contribution in [0.1, 0.15) is 5.56 Å². The van der Waals surface area contributed by atoms with Crippen LogP contribution < -0.4 is 24.6 Å². The Hall–Kier alpha value is -2.81. The van der Waals surface area contributed by atoms with Crippen LogP contribution in [0, 0.1) is 0 Å². The zero-order chi connectivity index (χ0) is 19.2. The molecule has 0 fully saturated rings. The van der Waals surface area contributed by atoms with E-state index in [1.807, 2.05) is 42.5 Å². The molecule has 0 N–H and O–H groups in total. The summed E-state index contributed by atoms with van der Waals surface area (Å²) in [5, 5.41) is 13.8. The molecule has 0 aliphatic rings. The molecule has 0 saturated heterocycles. The first-order valence-electron chi connectivity index (χ1n) is 8.38. The first-order valence-corrected chi connectivity index (χ1v) is 9.27. The van der Waals surface area contributed by atoms with Crippen molar-refractivity contribution >= 4 is 19.0 Å². The molecule has 0 heterocycles. The average Bonchev–Trinajstić information content (AvgIpc) is 2.73. The van der Waals surface area contributed by atoms with Crippen molar-refractivity contribution in [2.24, 2.45) is 0 Å². The fourth-order valence-corrected chi connectivity index (χ4v) is 3.61. The lowest BCUT2D eigenvalue weighted by atomic mass is 10.1. The molecule has 3 rings (SSSR count). The second kappa shape index (κ2) is 8.72. The number of hydrogen-bond acceptors (Lipinski definition) is 4. The second-order valence-corrected chi connectivity index (χ2v) is 6.88. The van der Waals surface area contributed by atoms with Crippen LogP contribution in [0.2, 0.25) is 0 Å². The zero-order valence-corrected chi connectivity index (χ0v) is 16.3. The standard InChI is InChI=1S/C22H21O4P/c1-24-17-13-19(25-2)21(20(14-17)26-3)22(23)27-18-11-9-16(10-12-18)15-7-5-4-6-8-15/h4-14,23H,1-3H3/p-1. The fraction of sp³-hybridized carbons (Fsp3) is 0.136. The van der Waals surface area contributed by atoms with E-state index >= 15 is 0 Å². The van der Waals surface area contributed by atoms with E-state index in [9.17, 15) is 5.11 Å². The zero-order valence-electron chi connectivity index (χ0n) is 15.4. The van der Waals surface area contributed by atoms with E-state index in [0.29, 0.717) is 31.0 Å². The van der Waals surface area contributed by atoms with E-state index in [0.717, 1.165) is 16.4 Å². The molecule has 0 aromatic heterocycles. The number of benzene rings is 3. The molecule has 27 heavy (non-hydrogen) atoms.